The Bertz CT molecular complexity index is 678. The highest BCUT2D eigenvalue weighted by atomic mass is 19.4. The summed E-state index contributed by atoms with van der Waals surface area (Å²) in [5.74, 6) is -2.05. The van der Waals surface area contributed by atoms with Crippen molar-refractivity contribution in [3.05, 3.63) is 70.5 Å². The molecule has 0 aromatic heterocycles. The Morgan fingerprint density at radius 2 is 1.71 bits per heavy atom. The van der Waals surface area contributed by atoms with Gasteiger partial charge in [-0.3, -0.25) is 0 Å². The predicted molar refractivity (Wildman–Crippen MR) is 67.6 cm³/mol. The fraction of sp³-hybridized carbons (Fsp3) is 0.133. The first-order chi connectivity index (χ1) is 9.79. The van der Waals surface area contributed by atoms with Crippen LogP contribution in [0.25, 0.3) is 0 Å². The summed E-state index contributed by atoms with van der Waals surface area (Å²) in [5, 5.41) is 8.77. The molecule has 0 heterocycles. The smallest absolute Gasteiger partial charge is 0.416 e. The van der Waals surface area contributed by atoms with Gasteiger partial charge in [0.05, 0.1) is 11.1 Å². The first-order valence-corrected chi connectivity index (χ1v) is 5.96. The van der Waals surface area contributed by atoms with Crippen LogP contribution in [0.5, 0.6) is 0 Å². The van der Waals surface area contributed by atoms with Crippen molar-refractivity contribution in [2.24, 2.45) is 0 Å². The van der Waals surface area contributed by atoms with Gasteiger partial charge in [0.1, 0.15) is 5.82 Å². The number of hydrogen-bond acceptors (Lipinski definition) is 1. The molecule has 6 heteroatoms. The summed E-state index contributed by atoms with van der Waals surface area (Å²) >= 11 is 0. The van der Waals surface area contributed by atoms with E-state index in [-0.39, 0.29) is 17.5 Å². The third-order valence-electron chi connectivity index (χ3n) is 3.00. The van der Waals surface area contributed by atoms with Gasteiger partial charge >= 0.3 is 12.1 Å². The van der Waals surface area contributed by atoms with Crippen LogP contribution in [-0.4, -0.2) is 11.1 Å². The normalized spacial score (nSPS) is 11.4. The van der Waals surface area contributed by atoms with Crippen molar-refractivity contribution in [2.45, 2.75) is 12.6 Å². The van der Waals surface area contributed by atoms with Crippen molar-refractivity contribution in [3.8, 4) is 0 Å². The molecular formula is C15H10F4O2. The van der Waals surface area contributed by atoms with Gasteiger partial charge in [0, 0.05) is 6.42 Å². The Morgan fingerprint density at radius 3 is 2.29 bits per heavy atom. The van der Waals surface area contributed by atoms with E-state index in [1.807, 2.05) is 0 Å². The van der Waals surface area contributed by atoms with Crippen LogP contribution in [0, 0.1) is 5.82 Å². The second-order valence-corrected chi connectivity index (χ2v) is 4.44. The Balaban J connectivity index is 2.48. The minimum Gasteiger partial charge on any atom is -0.478 e. The zero-order valence-electron chi connectivity index (χ0n) is 10.6. The minimum atomic E-state index is -4.70. The summed E-state index contributed by atoms with van der Waals surface area (Å²) in [6.07, 6.45) is -4.96. The maximum absolute atomic E-state index is 13.5. The monoisotopic (exact) mass is 298 g/mol. The largest absolute Gasteiger partial charge is 0.478 e. The summed E-state index contributed by atoms with van der Waals surface area (Å²) in [4.78, 5) is 10.8. The molecule has 2 aromatic carbocycles. The molecule has 0 atom stereocenters. The first-order valence-electron chi connectivity index (χ1n) is 5.96. The Labute approximate surface area is 117 Å². The molecule has 0 aliphatic carbocycles. The molecule has 110 valence electrons. The van der Waals surface area contributed by atoms with Gasteiger partial charge in [-0.25, -0.2) is 9.18 Å². The van der Waals surface area contributed by atoms with Crippen LogP contribution in [-0.2, 0) is 12.6 Å². The lowest BCUT2D eigenvalue weighted by molar-refractivity contribution is -0.138. The summed E-state index contributed by atoms with van der Waals surface area (Å²) in [6, 6.07) is 8.23. The molecule has 0 saturated heterocycles. The highest BCUT2D eigenvalue weighted by Gasteiger charge is 2.34. The van der Waals surface area contributed by atoms with Crippen molar-refractivity contribution in [1.82, 2.24) is 0 Å². The number of carboxylic acids is 1. The van der Waals surface area contributed by atoms with Gasteiger partial charge < -0.3 is 5.11 Å². The number of carbonyl (C=O) groups is 1. The molecule has 0 fully saturated rings. The number of aromatic carboxylic acids is 1. The molecule has 0 aliphatic rings. The van der Waals surface area contributed by atoms with E-state index in [1.54, 1.807) is 0 Å². The number of halogens is 4. The van der Waals surface area contributed by atoms with E-state index in [0.717, 1.165) is 18.2 Å². The van der Waals surface area contributed by atoms with Gasteiger partial charge in [-0.15, -0.1) is 0 Å². The second kappa shape index (κ2) is 5.55. The molecule has 0 unspecified atom stereocenters. The quantitative estimate of drug-likeness (QED) is 0.865. The maximum atomic E-state index is 13.5. The van der Waals surface area contributed by atoms with E-state index in [2.05, 4.69) is 0 Å². The molecule has 2 nitrogen and oxygen atoms in total. The number of carboxylic acid groups (broad SMARTS) is 1. The van der Waals surface area contributed by atoms with Gasteiger partial charge in [-0.05, 0) is 29.3 Å². The molecule has 2 aromatic rings. The molecule has 0 bridgehead atoms. The average Bonchev–Trinajstić information content (AvgIpc) is 2.40. The fourth-order valence-corrected chi connectivity index (χ4v) is 1.97. The standard InChI is InChI=1S/C15H10F4O2/c16-13-4-2-1-3-10(13)7-9-5-6-11(14(20)21)8-12(9)15(17,18)19/h1-6,8H,7H2,(H,20,21). The molecule has 21 heavy (non-hydrogen) atoms. The Morgan fingerprint density at radius 1 is 1.05 bits per heavy atom. The summed E-state index contributed by atoms with van der Waals surface area (Å²) in [6.45, 7) is 0. The number of hydrogen-bond donors (Lipinski definition) is 1. The topological polar surface area (TPSA) is 37.3 Å². The van der Waals surface area contributed by atoms with E-state index >= 15 is 0 Å². The third-order valence-corrected chi connectivity index (χ3v) is 3.00. The van der Waals surface area contributed by atoms with Crippen LogP contribution >= 0.6 is 0 Å². The predicted octanol–water partition coefficient (Wildman–Crippen LogP) is 4.13. The van der Waals surface area contributed by atoms with E-state index in [0.29, 0.717) is 6.07 Å². The zero-order chi connectivity index (χ0) is 15.6. The van der Waals surface area contributed by atoms with Crippen LogP contribution in [0.3, 0.4) is 0 Å². The lowest BCUT2D eigenvalue weighted by atomic mass is 9.97. The second-order valence-electron chi connectivity index (χ2n) is 4.44. The molecule has 1 N–H and O–H groups in total. The van der Waals surface area contributed by atoms with E-state index in [1.165, 1.54) is 18.2 Å². The van der Waals surface area contributed by atoms with E-state index in [4.69, 9.17) is 5.11 Å². The van der Waals surface area contributed by atoms with Gasteiger partial charge in [-0.1, -0.05) is 24.3 Å². The highest BCUT2D eigenvalue weighted by molar-refractivity contribution is 5.88. The fourth-order valence-electron chi connectivity index (χ4n) is 1.97. The van der Waals surface area contributed by atoms with Gasteiger partial charge in [-0.2, -0.15) is 13.2 Å². The van der Waals surface area contributed by atoms with Crippen molar-refractivity contribution in [2.75, 3.05) is 0 Å². The molecule has 0 amide bonds. The lowest BCUT2D eigenvalue weighted by Gasteiger charge is -2.14. The molecule has 2 rings (SSSR count). The van der Waals surface area contributed by atoms with Crippen molar-refractivity contribution < 1.29 is 27.5 Å². The number of alkyl halides is 3. The summed E-state index contributed by atoms with van der Waals surface area (Å²) in [7, 11) is 0. The van der Waals surface area contributed by atoms with Gasteiger partial charge in [0.2, 0.25) is 0 Å². The maximum Gasteiger partial charge on any atom is 0.416 e. The van der Waals surface area contributed by atoms with Crippen molar-refractivity contribution in [1.29, 1.82) is 0 Å². The van der Waals surface area contributed by atoms with Gasteiger partial charge in [0.25, 0.3) is 0 Å². The highest BCUT2D eigenvalue weighted by Crippen LogP contribution is 2.34. The van der Waals surface area contributed by atoms with Gasteiger partial charge in [0.15, 0.2) is 0 Å². The van der Waals surface area contributed by atoms with Crippen LogP contribution < -0.4 is 0 Å². The Kier molecular flexibility index (Phi) is 3.97. The van der Waals surface area contributed by atoms with Crippen LogP contribution in [0.2, 0.25) is 0 Å². The zero-order valence-corrected chi connectivity index (χ0v) is 10.6. The van der Waals surface area contributed by atoms with E-state index in [9.17, 15) is 22.4 Å². The summed E-state index contributed by atoms with van der Waals surface area (Å²) < 4.78 is 52.6. The molecule has 0 spiro atoms. The van der Waals surface area contributed by atoms with E-state index < -0.39 is 29.1 Å². The van der Waals surface area contributed by atoms with Crippen molar-refractivity contribution >= 4 is 5.97 Å². The number of rotatable bonds is 3. The molecule has 0 aliphatic heterocycles. The number of benzene rings is 2. The van der Waals surface area contributed by atoms with Crippen LogP contribution in [0.4, 0.5) is 17.6 Å². The van der Waals surface area contributed by atoms with Crippen molar-refractivity contribution in [3.63, 3.8) is 0 Å². The molecule has 0 saturated carbocycles. The molecule has 0 radical (unpaired) electrons. The average molecular weight is 298 g/mol. The first kappa shape index (κ1) is 15.0. The third kappa shape index (κ3) is 3.39. The van der Waals surface area contributed by atoms with Crippen LogP contribution in [0.15, 0.2) is 42.5 Å². The van der Waals surface area contributed by atoms with Crippen LogP contribution in [0.1, 0.15) is 27.0 Å². The summed E-state index contributed by atoms with van der Waals surface area (Å²) in [5.41, 5.74) is -1.58. The SMILES string of the molecule is O=C(O)c1ccc(Cc2ccccc2F)c(C(F)(F)F)c1. The Hall–Kier alpha value is -2.37. The lowest BCUT2D eigenvalue weighted by Crippen LogP contribution is -2.12. The minimum absolute atomic E-state index is 0.117. The molecular weight excluding hydrogens is 288 g/mol.